The van der Waals surface area contributed by atoms with Crippen molar-refractivity contribution in [3.63, 3.8) is 0 Å². The van der Waals surface area contributed by atoms with Crippen molar-refractivity contribution in [1.29, 1.82) is 0 Å². The molecular formula is C26H27N3O3S. The van der Waals surface area contributed by atoms with Crippen molar-refractivity contribution in [1.82, 2.24) is 15.0 Å². The minimum absolute atomic E-state index is 0.211. The van der Waals surface area contributed by atoms with Crippen LogP contribution in [0.2, 0.25) is 0 Å². The van der Waals surface area contributed by atoms with Gasteiger partial charge in [-0.2, -0.15) is 0 Å². The van der Waals surface area contributed by atoms with Crippen LogP contribution in [0, 0.1) is 0 Å². The Kier molecular flexibility index (Phi) is 7.47. The Hall–Kier alpha value is -3.10. The van der Waals surface area contributed by atoms with Gasteiger partial charge in [-0.15, -0.1) is 0 Å². The van der Waals surface area contributed by atoms with Crippen molar-refractivity contribution in [3.05, 3.63) is 96.8 Å². The van der Waals surface area contributed by atoms with Gasteiger partial charge in [0.2, 0.25) is 10.0 Å². The molecule has 1 atom stereocenters. The summed E-state index contributed by atoms with van der Waals surface area (Å²) in [6.45, 7) is 1.00. The van der Waals surface area contributed by atoms with Crippen molar-refractivity contribution in [2.75, 3.05) is 19.6 Å². The molecule has 0 saturated carbocycles. The molecule has 1 aromatic heterocycles. The maximum atomic E-state index is 13.2. The summed E-state index contributed by atoms with van der Waals surface area (Å²) in [4.78, 5) is 4.38. The number of pyridine rings is 1. The van der Waals surface area contributed by atoms with E-state index in [1.165, 1.54) is 0 Å². The Labute approximate surface area is 194 Å². The average molecular weight is 462 g/mol. The van der Waals surface area contributed by atoms with Gasteiger partial charge in [0.1, 0.15) is 0 Å². The minimum Gasteiger partial charge on any atom is -0.391 e. The van der Waals surface area contributed by atoms with Gasteiger partial charge in [0.25, 0.3) is 0 Å². The molecule has 0 saturated heterocycles. The normalized spacial score (nSPS) is 12.6. The maximum Gasteiger partial charge on any atom is 0.241 e. The minimum atomic E-state index is -3.75. The lowest BCUT2D eigenvalue weighted by molar-refractivity contribution is 0.172. The van der Waals surface area contributed by atoms with E-state index in [4.69, 9.17) is 0 Å². The Bertz CT molecular complexity index is 1300. The summed E-state index contributed by atoms with van der Waals surface area (Å²) < 4.78 is 29.0. The third-order valence-corrected chi connectivity index (χ3v) is 6.90. The van der Waals surface area contributed by atoms with Crippen LogP contribution in [0.15, 0.2) is 96.2 Å². The Morgan fingerprint density at radius 2 is 1.61 bits per heavy atom. The van der Waals surface area contributed by atoms with Gasteiger partial charge in [-0.25, -0.2) is 13.1 Å². The summed E-state index contributed by atoms with van der Waals surface area (Å²) in [6.07, 6.45) is 3.28. The molecule has 0 aliphatic rings. The van der Waals surface area contributed by atoms with Crippen LogP contribution >= 0.6 is 0 Å². The molecule has 3 N–H and O–H groups in total. The van der Waals surface area contributed by atoms with Crippen molar-refractivity contribution < 1.29 is 13.5 Å². The van der Waals surface area contributed by atoms with E-state index >= 15 is 0 Å². The number of sulfonamides is 1. The first-order valence-electron chi connectivity index (χ1n) is 10.9. The number of aromatic nitrogens is 1. The Morgan fingerprint density at radius 1 is 0.879 bits per heavy atom. The predicted molar refractivity (Wildman–Crippen MR) is 131 cm³/mol. The molecule has 170 valence electrons. The smallest absolute Gasteiger partial charge is 0.241 e. The van der Waals surface area contributed by atoms with E-state index in [-0.39, 0.29) is 11.4 Å². The highest BCUT2D eigenvalue weighted by molar-refractivity contribution is 7.89. The van der Waals surface area contributed by atoms with Crippen LogP contribution < -0.4 is 10.0 Å². The van der Waals surface area contributed by atoms with Crippen LogP contribution in [-0.2, 0) is 16.4 Å². The second-order valence-corrected chi connectivity index (χ2v) is 9.62. The average Bonchev–Trinajstić information content (AvgIpc) is 2.84. The number of nitrogens with zero attached hydrogens (tertiary/aromatic N) is 1. The third kappa shape index (κ3) is 6.03. The molecular weight excluding hydrogens is 434 g/mol. The molecule has 0 fully saturated rings. The first kappa shape index (κ1) is 23.1. The van der Waals surface area contributed by atoms with Crippen LogP contribution in [-0.4, -0.2) is 44.2 Å². The van der Waals surface area contributed by atoms with E-state index in [0.717, 1.165) is 22.1 Å². The number of fused-ring (bicyclic) bond motifs is 1. The summed E-state index contributed by atoms with van der Waals surface area (Å²) >= 11 is 0. The SMILES string of the molecule is O=S(=O)(NCCNCC(O)Cc1ccccc1)c1cc(-c2ccccc2)cc2cnccc12. The van der Waals surface area contributed by atoms with E-state index in [1.807, 2.05) is 66.7 Å². The number of hydrogen-bond acceptors (Lipinski definition) is 5. The second-order valence-electron chi connectivity index (χ2n) is 7.88. The molecule has 0 aliphatic heterocycles. The number of aliphatic hydroxyl groups excluding tert-OH is 1. The monoisotopic (exact) mass is 461 g/mol. The van der Waals surface area contributed by atoms with Crippen molar-refractivity contribution in [2.24, 2.45) is 0 Å². The lowest BCUT2D eigenvalue weighted by Crippen LogP contribution is -2.35. The lowest BCUT2D eigenvalue weighted by atomic mass is 10.0. The molecule has 0 aliphatic carbocycles. The molecule has 0 spiro atoms. The van der Waals surface area contributed by atoms with Crippen LogP contribution in [0.4, 0.5) is 0 Å². The predicted octanol–water partition coefficient (Wildman–Crippen LogP) is 3.37. The molecule has 0 amide bonds. The maximum absolute atomic E-state index is 13.2. The number of benzene rings is 3. The van der Waals surface area contributed by atoms with Gasteiger partial charge in [-0.05, 0) is 41.3 Å². The second kappa shape index (κ2) is 10.7. The van der Waals surface area contributed by atoms with Crippen molar-refractivity contribution in [2.45, 2.75) is 17.4 Å². The number of aliphatic hydroxyl groups is 1. The van der Waals surface area contributed by atoms with Gasteiger partial charge >= 0.3 is 0 Å². The standard InChI is InChI=1S/C26H27N3O3S/c30-24(15-20-7-3-1-4-8-20)19-28-13-14-29-33(31,32)26-17-22(21-9-5-2-6-10-21)16-23-18-27-12-11-25(23)26/h1-12,16-18,24,28-30H,13-15,19H2. The fraction of sp³-hybridized carbons (Fsp3) is 0.192. The number of rotatable bonds is 10. The highest BCUT2D eigenvalue weighted by atomic mass is 32.2. The van der Waals surface area contributed by atoms with Gasteiger partial charge in [0.05, 0.1) is 11.0 Å². The summed E-state index contributed by atoms with van der Waals surface area (Å²) in [5.74, 6) is 0. The molecule has 1 unspecified atom stereocenters. The van der Waals surface area contributed by atoms with Gasteiger partial charge in [-0.1, -0.05) is 60.7 Å². The number of hydrogen-bond donors (Lipinski definition) is 3. The summed E-state index contributed by atoms with van der Waals surface area (Å²) in [7, 11) is -3.75. The van der Waals surface area contributed by atoms with Gasteiger partial charge in [0, 0.05) is 42.8 Å². The first-order chi connectivity index (χ1) is 16.0. The molecule has 6 nitrogen and oxygen atoms in total. The van der Waals surface area contributed by atoms with Gasteiger partial charge < -0.3 is 10.4 Å². The highest BCUT2D eigenvalue weighted by Gasteiger charge is 2.19. The van der Waals surface area contributed by atoms with E-state index < -0.39 is 16.1 Å². The molecule has 1 heterocycles. The van der Waals surface area contributed by atoms with Crippen molar-refractivity contribution in [3.8, 4) is 11.1 Å². The summed E-state index contributed by atoms with van der Waals surface area (Å²) in [5.41, 5.74) is 2.82. The summed E-state index contributed by atoms with van der Waals surface area (Å²) in [5, 5.41) is 14.7. The fourth-order valence-corrected chi connectivity index (χ4v) is 5.06. The zero-order valence-corrected chi connectivity index (χ0v) is 19.0. The molecule has 0 radical (unpaired) electrons. The largest absolute Gasteiger partial charge is 0.391 e. The summed E-state index contributed by atoms with van der Waals surface area (Å²) in [6, 6.07) is 24.8. The topological polar surface area (TPSA) is 91.3 Å². The number of nitrogens with one attached hydrogen (secondary N) is 2. The zero-order chi connectivity index (χ0) is 23.1. The molecule has 7 heteroatoms. The Balaban J connectivity index is 1.41. The Morgan fingerprint density at radius 3 is 2.36 bits per heavy atom. The van der Waals surface area contributed by atoms with Crippen LogP contribution in [0.1, 0.15) is 5.56 Å². The van der Waals surface area contributed by atoms with E-state index in [0.29, 0.717) is 24.9 Å². The quantitative estimate of drug-likeness (QED) is 0.315. The van der Waals surface area contributed by atoms with Crippen LogP contribution in [0.25, 0.3) is 21.9 Å². The van der Waals surface area contributed by atoms with E-state index in [1.54, 1.807) is 24.5 Å². The van der Waals surface area contributed by atoms with Gasteiger partial charge in [0.15, 0.2) is 0 Å². The van der Waals surface area contributed by atoms with Crippen LogP contribution in [0.5, 0.6) is 0 Å². The van der Waals surface area contributed by atoms with E-state index in [9.17, 15) is 13.5 Å². The van der Waals surface area contributed by atoms with Gasteiger partial charge in [-0.3, -0.25) is 4.98 Å². The highest BCUT2D eigenvalue weighted by Crippen LogP contribution is 2.29. The fourth-order valence-electron chi connectivity index (χ4n) is 3.77. The van der Waals surface area contributed by atoms with Crippen LogP contribution in [0.3, 0.4) is 0 Å². The molecule has 3 aromatic carbocycles. The first-order valence-corrected chi connectivity index (χ1v) is 12.4. The zero-order valence-electron chi connectivity index (χ0n) is 18.2. The molecule has 4 aromatic rings. The lowest BCUT2D eigenvalue weighted by Gasteiger charge is -2.14. The molecule has 4 rings (SSSR count). The molecule has 33 heavy (non-hydrogen) atoms. The van der Waals surface area contributed by atoms with E-state index in [2.05, 4.69) is 15.0 Å². The third-order valence-electron chi connectivity index (χ3n) is 5.40. The van der Waals surface area contributed by atoms with Crippen molar-refractivity contribution >= 4 is 20.8 Å². The molecule has 0 bridgehead atoms.